The molecule has 2 atom stereocenters. The van der Waals surface area contributed by atoms with Gasteiger partial charge in [-0.2, -0.15) is 0 Å². The number of rotatable bonds is 4. The summed E-state index contributed by atoms with van der Waals surface area (Å²) >= 11 is 0.869. The molecule has 0 bridgehead atoms. The van der Waals surface area contributed by atoms with Crippen molar-refractivity contribution in [2.75, 3.05) is 20.2 Å². The van der Waals surface area contributed by atoms with Gasteiger partial charge in [-0.3, -0.25) is 14.9 Å². The summed E-state index contributed by atoms with van der Waals surface area (Å²) < 4.78 is 5.22. The van der Waals surface area contributed by atoms with Crippen molar-refractivity contribution in [1.82, 2.24) is 10.6 Å². The van der Waals surface area contributed by atoms with E-state index in [1.807, 2.05) is 0 Å². The molecule has 7 nitrogen and oxygen atoms in total. The van der Waals surface area contributed by atoms with Gasteiger partial charge in [-0.1, -0.05) is 11.3 Å². The highest BCUT2D eigenvalue weighted by molar-refractivity contribution is 7.17. The van der Waals surface area contributed by atoms with Crippen LogP contribution in [0.1, 0.15) is 9.67 Å². The number of carbonyl (C=O) groups is 1. The van der Waals surface area contributed by atoms with Gasteiger partial charge in [-0.05, 0) is 6.07 Å². The molecule has 1 aromatic rings. The number of nitro groups is 1. The Morgan fingerprint density at radius 3 is 3.00 bits per heavy atom. The van der Waals surface area contributed by atoms with Crippen molar-refractivity contribution < 1.29 is 14.5 Å². The lowest BCUT2D eigenvalue weighted by Crippen LogP contribution is -2.43. The topological polar surface area (TPSA) is 93.5 Å². The third-order valence-corrected chi connectivity index (χ3v) is 3.81. The molecule has 0 radical (unpaired) electrons. The Morgan fingerprint density at radius 1 is 1.61 bits per heavy atom. The quantitative estimate of drug-likeness (QED) is 0.609. The highest BCUT2D eigenvalue weighted by atomic mass is 32.1. The van der Waals surface area contributed by atoms with Crippen LogP contribution in [0.5, 0.6) is 0 Å². The van der Waals surface area contributed by atoms with Crippen LogP contribution >= 0.6 is 11.3 Å². The van der Waals surface area contributed by atoms with Crippen molar-refractivity contribution in [3.05, 3.63) is 27.1 Å². The largest absolute Gasteiger partial charge is 0.378 e. The van der Waals surface area contributed by atoms with Crippen LogP contribution in [0.2, 0.25) is 0 Å². The lowest BCUT2D eigenvalue weighted by molar-refractivity contribution is -0.380. The van der Waals surface area contributed by atoms with Crippen LogP contribution in [0, 0.1) is 10.1 Å². The molecule has 98 valence electrons. The van der Waals surface area contributed by atoms with E-state index in [9.17, 15) is 14.9 Å². The number of hydrogen-bond donors (Lipinski definition) is 2. The average Bonchev–Trinajstić information content (AvgIpc) is 2.96. The molecule has 18 heavy (non-hydrogen) atoms. The number of methoxy groups -OCH3 is 1. The summed E-state index contributed by atoms with van der Waals surface area (Å²) in [5.74, 6) is -0.302. The molecule has 2 heterocycles. The van der Waals surface area contributed by atoms with Crippen LogP contribution in [-0.4, -0.2) is 43.2 Å². The summed E-state index contributed by atoms with van der Waals surface area (Å²) in [6.07, 6.45) is -0.0658. The predicted molar refractivity (Wildman–Crippen MR) is 65.9 cm³/mol. The van der Waals surface area contributed by atoms with E-state index < -0.39 is 4.92 Å². The van der Waals surface area contributed by atoms with Crippen molar-refractivity contribution in [3.63, 3.8) is 0 Å². The van der Waals surface area contributed by atoms with E-state index in [4.69, 9.17) is 4.74 Å². The zero-order valence-corrected chi connectivity index (χ0v) is 10.5. The first-order chi connectivity index (χ1) is 8.61. The second-order valence-corrected chi connectivity index (χ2v) is 4.97. The van der Waals surface area contributed by atoms with Gasteiger partial charge in [-0.25, -0.2) is 0 Å². The molecule has 1 unspecified atom stereocenters. The Hall–Kier alpha value is -1.51. The summed E-state index contributed by atoms with van der Waals surface area (Å²) in [5, 5.41) is 16.4. The Bertz CT molecular complexity index is 462. The summed E-state index contributed by atoms with van der Waals surface area (Å²) in [4.78, 5) is 22.3. The van der Waals surface area contributed by atoms with Crippen LogP contribution in [0.25, 0.3) is 0 Å². The zero-order chi connectivity index (χ0) is 13.1. The monoisotopic (exact) mass is 271 g/mol. The molecule has 0 aromatic carbocycles. The summed E-state index contributed by atoms with van der Waals surface area (Å²) in [6.45, 7) is 1.32. The van der Waals surface area contributed by atoms with Gasteiger partial charge in [0.15, 0.2) is 0 Å². The highest BCUT2D eigenvalue weighted by Crippen LogP contribution is 2.23. The van der Waals surface area contributed by atoms with Crippen LogP contribution < -0.4 is 10.6 Å². The fourth-order valence-electron chi connectivity index (χ4n) is 1.83. The second kappa shape index (κ2) is 5.42. The molecule has 1 aliphatic rings. The lowest BCUT2D eigenvalue weighted by Gasteiger charge is -2.17. The number of nitrogens with one attached hydrogen (secondary N) is 2. The number of hydrogen-bond acceptors (Lipinski definition) is 6. The van der Waals surface area contributed by atoms with Gasteiger partial charge in [0.2, 0.25) is 0 Å². The maximum Gasteiger partial charge on any atom is 0.324 e. The third-order valence-electron chi connectivity index (χ3n) is 2.77. The van der Waals surface area contributed by atoms with Gasteiger partial charge in [0.1, 0.15) is 0 Å². The van der Waals surface area contributed by atoms with Crippen molar-refractivity contribution in [1.29, 1.82) is 0 Å². The number of amides is 1. The molecule has 0 aliphatic carbocycles. The van der Waals surface area contributed by atoms with Crippen molar-refractivity contribution in [3.8, 4) is 0 Å². The van der Waals surface area contributed by atoms with Gasteiger partial charge in [0.05, 0.1) is 21.9 Å². The van der Waals surface area contributed by atoms with Crippen molar-refractivity contribution >= 4 is 22.2 Å². The molecule has 1 fully saturated rings. The van der Waals surface area contributed by atoms with E-state index in [2.05, 4.69) is 10.6 Å². The average molecular weight is 271 g/mol. The molecule has 8 heteroatoms. The molecule has 1 amide bonds. The van der Waals surface area contributed by atoms with Crippen LogP contribution in [0.15, 0.2) is 12.1 Å². The Balaban J connectivity index is 2.00. The summed E-state index contributed by atoms with van der Waals surface area (Å²) in [6, 6.07) is 2.69. The maximum absolute atomic E-state index is 11.9. The number of ether oxygens (including phenoxy) is 1. The molecule has 1 saturated heterocycles. The normalized spacial score (nSPS) is 22.9. The van der Waals surface area contributed by atoms with Gasteiger partial charge in [0, 0.05) is 26.3 Å². The number of carbonyl (C=O) groups excluding carboxylic acids is 1. The smallest absolute Gasteiger partial charge is 0.324 e. The van der Waals surface area contributed by atoms with E-state index in [1.165, 1.54) is 12.1 Å². The third kappa shape index (κ3) is 2.66. The SMILES string of the molecule is CO[C@H]1CNCC1NC(=O)c1ccc([N+](=O)[O-])s1. The van der Waals surface area contributed by atoms with Gasteiger partial charge >= 0.3 is 5.00 Å². The minimum absolute atomic E-state index is 0.0343. The molecule has 2 N–H and O–H groups in total. The Labute approximate surface area is 107 Å². The van der Waals surface area contributed by atoms with E-state index >= 15 is 0 Å². The molecule has 0 saturated carbocycles. The van der Waals surface area contributed by atoms with E-state index in [1.54, 1.807) is 7.11 Å². The van der Waals surface area contributed by atoms with E-state index in [0.29, 0.717) is 18.0 Å². The minimum Gasteiger partial charge on any atom is -0.378 e. The maximum atomic E-state index is 11.9. The number of thiophene rings is 1. The number of nitrogens with zero attached hydrogens (tertiary/aromatic N) is 1. The van der Waals surface area contributed by atoms with Crippen LogP contribution in [0.3, 0.4) is 0 Å². The van der Waals surface area contributed by atoms with Crippen LogP contribution in [0.4, 0.5) is 5.00 Å². The molecule has 0 spiro atoms. The van der Waals surface area contributed by atoms with Gasteiger partial charge in [0.25, 0.3) is 5.91 Å². The first-order valence-electron chi connectivity index (χ1n) is 5.40. The van der Waals surface area contributed by atoms with Crippen LogP contribution in [-0.2, 0) is 4.74 Å². The Morgan fingerprint density at radius 2 is 2.39 bits per heavy atom. The van der Waals surface area contributed by atoms with Crippen molar-refractivity contribution in [2.24, 2.45) is 0 Å². The summed E-state index contributed by atoms with van der Waals surface area (Å²) in [7, 11) is 1.59. The molecular formula is C10H13N3O4S. The second-order valence-electron chi connectivity index (χ2n) is 3.91. The molecule has 1 aromatic heterocycles. The van der Waals surface area contributed by atoms with E-state index in [0.717, 1.165) is 11.3 Å². The minimum atomic E-state index is -0.503. The van der Waals surface area contributed by atoms with Gasteiger partial charge < -0.3 is 15.4 Å². The predicted octanol–water partition coefficient (Wildman–Crippen LogP) is 0.373. The summed E-state index contributed by atoms with van der Waals surface area (Å²) in [5.41, 5.74) is 0. The molecular weight excluding hydrogens is 258 g/mol. The molecule has 1 aliphatic heterocycles. The van der Waals surface area contributed by atoms with Gasteiger partial charge in [-0.15, -0.1) is 0 Å². The van der Waals surface area contributed by atoms with E-state index in [-0.39, 0.29) is 23.1 Å². The lowest BCUT2D eigenvalue weighted by atomic mass is 10.2. The first kappa shape index (κ1) is 12.9. The van der Waals surface area contributed by atoms with Crippen molar-refractivity contribution in [2.45, 2.75) is 12.1 Å². The molecule has 2 rings (SSSR count). The zero-order valence-electron chi connectivity index (χ0n) is 9.71. The fourth-order valence-corrected chi connectivity index (χ4v) is 2.56. The Kier molecular flexibility index (Phi) is 3.90. The highest BCUT2D eigenvalue weighted by Gasteiger charge is 2.29. The standard InChI is InChI=1S/C10H13N3O4S/c1-17-7-5-11-4-6(7)12-10(14)8-2-3-9(18-8)13(15)16/h2-3,6-7,11H,4-5H2,1H3,(H,12,14)/t6?,7-/m0/s1. The fraction of sp³-hybridized carbons (Fsp3) is 0.500. The first-order valence-corrected chi connectivity index (χ1v) is 6.22.